The maximum atomic E-state index is 9.44. The van der Waals surface area contributed by atoms with Gasteiger partial charge in [-0.2, -0.15) is 5.26 Å². The van der Waals surface area contributed by atoms with E-state index < -0.39 is 0 Å². The van der Waals surface area contributed by atoms with Gasteiger partial charge in [0.25, 0.3) is 0 Å². The number of aromatic hydroxyl groups is 1. The van der Waals surface area contributed by atoms with Crippen LogP contribution in [0.3, 0.4) is 0 Å². The number of nitrogens with one attached hydrogen (secondary N) is 1. The Morgan fingerprint density at radius 2 is 1.97 bits per heavy atom. The normalized spacial score (nSPS) is 11.0. The average Bonchev–Trinajstić information content (AvgIpc) is 3.20. The molecule has 0 bridgehead atoms. The molecular formula is C23H22N6O. The van der Waals surface area contributed by atoms with Crippen LogP contribution in [0, 0.1) is 11.3 Å². The molecule has 0 spiro atoms. The van der Waals surface area contributed by atoms with E-state index in [1.54, 1.807) is 24.4 Å². The lowest BCUT2D eigenvalue weighted by atomic mass is 10.1. The molecule has 0 aliphatic carbocycles. The Balaban J connectivity index is 1.70. The molecule has 2 N–H and O–H groups in total. The van der Waals surface area contributed by atoms with Crippen LogP contribution in [-0.2, 0) is 6.42 Å². The molecule has 0 saturated carbocycles. The van der Waals surface area contributed by atoms with Crippen molar-refractivity contribution >= 4 is 11.5 Å². The SMILES string of the molecule is CC(C)c1cnc2c(NCCc3ccc(O)cc3)nc(-c3cncc(C#N)c3)cn12. The first-order valence-electron chi connectivity index (χ1n) is 9.80. The highest BCUT2D eigenvalue weighted by atomic mass is 16.3. The molecule has 7 heteroatoms. The summed E-state index contributed by atoms with van der Waals surface area (Å²) in [4.78, 5) is 13.5. The molecule has 150 valence electrons. The molecule has 3 heterocycles. The summed E-state index contributed by atoms with van der Waals surface area (Å²) in [5, 5.41) is 22.0. The van der Waals surface area contributed by atoms with Gasteiger partial charge >= 0.3 is 0 Å². The van der Waals surface area contributed by atoms with E-state index in [4.69, 9.17) is 4.98 Å². The Hall–Kier alpha value is -3.92. The lowest BCUT2D eigenvalue weighted by Crippen LogP contribution is -2.09. The van der Waals surface area contributed by atoms with Gasteiger partial charge in [-0.15, -0.1) is 0 Å². The maximum absolute atomic E-state index is 9.44. The fourth-order valence-corrected chi connectivity index (χ4v) is 3.32. The zero-order valence-electron chi connectivity index (χ0n) is 16.9. The molecule has 4 aromatic rings. The van der Waals surface area contributed by atoms with Crippen LogP contribution in [0.5, 0.6) is 5.75 Å². The third-order valence-electron chi connectivity index (χ3n) is 4.92. The number of phenolic OH excluding ortho intramolecular Hbond substituents is 1. The molecule has 0 aliphatic heterocycles. The van der Waals surface area contributed by atoms with Gasteiger partial charge < -0.3 is 10.4 Å². The Labute approximate surface area is 174 Å². The number of anilines is 1. The largest absolute Gasteiger partial charge is 0.508 e. The van der Waals surface area contributed by atoms with Crippen molar-refractivity contribution in [2.45, 2.75) is 26.2 Å². The van der Waals surface area contributed by atoms with Crippen molar-refractivity contribution in [2.24, 2.45) is 0 Å². The molecule has 0 radical (unpaired) electrons. The fourth-order valence-electron chi connectivity index (χ4n) is 3.32. The summed E-state index contributed by atoms with van der Waals surface area (Å²) in [6.45, 7) is 4.91. The van der Waals surface area contributed by atoms with Crippen LogP contribution < -0.4 is 5.32 Å². The van der Waals surface area contributed by atoms with Gasteiger partial charge in [-0.1, -0.05) is 26.0 Å². The summed E-state index contributed by atoms with van der Waals surface area (Å²) in [5.41, 5.74) is 4.95. The molecule has 0 amide bonds. The summed E-state index contributed by atoms with van der Waals surface area (Å²) in [5.74, 6) is 1.23. The molecule has 0 aliphatic rings. The number of phenols is 1. The zero-order chi connectivity index (χ0) is 21.1. The highest BCUT2D eigenvalue weighted by Gasteiger charge is 2.15. The number of rotatable bonds is 6. The van der Waals surface area contributed by atoms with Crippen molar-refractivity contribution in [1.29, 1.82) is 5.26 Å². The van der Waals surface area contributed by atoms with Crippen molar-refractivity contribution in [3.05, 3.63) is 71.9 Å². The number of hydrogen-bond acceptors (Lipinski definition) is 6. The van der Waals surface area contributed by atoms with Crippen molar-refractivity contribution in [2.75, 3.05) is 11.9 Å². The minimum absolute atomic E-state index is 0.259. The van der Waals surface area contributed by atoms with Crippen molar-refractivity contribution in [1.82, 2.24) is 19.4 Å². The van der Waals surface area contributed by atoms with E-state index in [-0.39, 0.29) is 5.75 Å². The average molecular weight is 398 g/mol. The number of aromatic nitrogens is 4. The summed E-state index contributed by atoms with van der Waals surface area (Å²) in [6.07, 6.45) is 7.85. The number of hydrogen-bond donors (Lipinski definition) is 2. The molecule has 30 heavy (non-hydrogen) atoms. The summed E-state index contributed by atoms with van der Waals surface area (Å²) < 4.78 is 2.05. The molecule has 0 saturated heterocycles. The first kappa shape index (κ1) is 19.4. The zero-order valence-corrected chi connectivity index (χ0v) is 16.9. The monoisotopic (exact) mass is 398 g/mol. The Kier molecular flexibility index (Phi) is 5.31. The van der Waals surface area contributed by atoms with E-state index in [0.29, 0.717) is 23.8 Å². The van der Waals surface area contributed by atoms with Crippen LogP contribution in [0.4, 0.5) is 5.82 Å². The van der Waals surface area contributed by atoms with Gasteiger partial charge in [0.2, 0.25) is 0 Å². The van der Waals surface area contributed by atoms with Gasteiger partial charge in [-0.25, -0.2) is 9.97 Å². The highest BCUT2D eigenvalue weighted by molar-refractivity contribution is 5.70. The second-order valence-corrected chi connectivity index (χ2v) is 7.42. The summed E-state index contributed by atoms with van der Waals surface area (Å²) >= 11 is 0. The van der Waals surface area contributed by atoms with Crippen LogP contribution in [0.25, 0.3) is 16.9 Å². The standard InChI is InChI=1S/C23H22N6O/c1-15(2)21-13-27-23-22(26-8-7-16-3-5-19(30)6-4-16)28-20(14-29(21)23)18-9-17(10-24)11-25-12-18/h3-6,9,11-15,30H,7-8H2,1-2H3,(H,26,28). The Bertz CT molecular complexity index is 1220. The van der Waals surface area contributed by atoms with E-state index in [0.717, 1.165) is 34.6 Å². The van der Waals surface area contributed by atoms with Crippen LogP contribution in [0.15, 0.2) is 55.1 Å². The topological polar surface area (TPSA) is 99.1 Å². The molecule has 1 aromatic carbocycles. The minimum atomic E-state index is 0.259. The number of fused-ring (bicyclic) bond motifs is 1. The number of nitrogens with zero attached hydrogens (tertiary/aromatic N) is 5. The quantitative estimate of drug-likeness (QED) is 0.506. The van der Waals surface area contributed by atoms with Crippen LogP contribution in [-0.4, -0.2) is 31.0 Å². The Morgan fingerprint density at radius 1 is 1.17 bits per heavy atom. The predicted molar refractivity (Wildman–Crippen MR) is 115 cm³/mol. The van der Waals surface area contributed by atoms with Gasteiger partial charge in [-0.05, 0) is 36.1 Å². The minimum Gasteiger partial charge on any atom is -0.508 e. The number of benzene rings is 1. The molecule has 4 rings (SSSR count). The van der Waals surface area contributed by atoms with Gasteiger partial charge in [0.1, 0.15) is 11.8 Å². The van der Waals surface area contributed by atoms with E-state index in [2.05, 4.69) is 39.6 Å². The van der Waals surface area contributed by atoms with Gasteiger partial charge in [0.05, 0.1) is 11.3 Å². The van der Waals surface area contributed by atoms with E-state index in [1.165, 1.54) is 6.20 Å². The second-order valence-electron chi connectivity index (χ2n) is 7.42. The van der Waals surface area contributed by atoms with Crippen molar-refractivity contribution < 1.29 is 5.11 Å². The Morgan fingerprint density at radius 3 is 2.70 bits per heavy atom. The molecule has 3 aromatic heterocycles. The van der Waals surface area contributed by atoms with Gasteiger partial charge in [0, 0.05) is 42.6 Å². The van der Waals surface area contributed by atoms with Crippen LogP contribution >= 0.6 is 0 Å². The molecule has 0 fully saturated rings. The van der Waals surface area contributed by atoms with Crippen molar-refractivity contribution in [3.8, 4) is 23.1 Å². The second kappa shape index (κ2) is 8.21. The van der Waals surface area contributed by atoms with Crippen molar-refractivity contribution in [3.63, 3.8) is 0 Å². The summed E-state index contributed by atoms with van der Waals surface area (Å²) in [7, 11) is 0. The fraction of sp³-hybridized carbons (Fsp3) is 0.217. The first-order chi connectivity index (χ1) is 14.5. The van der Waals surface area contributed by atoms with E-state index in [9.17, 15) is 10.4 Å². The maximum Gasteiger partial charge on any atom is 0.180 e. The lowest BCUT2D eigenvalue weighted by molar-refractivity contribution is 0.475. The third kappa shape index (κ3) is 3.94. The molecule has 0 atom stereocenters. The molecular weight excluding hydrogens is 376 g/mol. The third-order valence-corrected chi connectivity index (χ3v) is 4.92. The predicted octanol–water partition coefficient (Wildman–Crippen LogP) is 4.15. The lowest BCUT2D eigenvalue weighted by Gasteiger charge is -2.12. The van der Waals surface area contributed by atoms with E-state index >= 15 is 0 Å². The number of pyridine rings is 1. The first-order valence-corrected chi connectivity index (χ1v) is 9.80. The number of imidazole rings is 1. The number of nitriles is 1. The highest BCUT2D eigenvalue weighted by Crippen LogP contribution is 2.26. The van der Waals surface area contributed by atoms with Crippen LogP contribution in [0.1, 0.15) is 36.6 Å². The molecule has 0 unspecified atom stereocenters. The van der Waals surface area contributed by atoms with Gasteiger partial charge in [0.15, 0.2) is 11.5 Å². The van der Waals surface area contributed by atoms with Gasteiger partial charge in [-0.3, -0.25) is 9.38 Å². The summed E-state index contributed by atoms with van der Waals surface area (Å²) in [6, 6.07) is 11.1. The van der Waals surface area contributed by atoms with Crippen LogP contribution in [0.2, 0.25) is 0 Å². The molecule has 7 nitrogen and oxygen atoms in total. The smallest absolute Gasteiger partial charge is 0.180 e. The van der Waals surface area contributed by atoms with E-state index in [1.807, 2.05) is 24.5 Å².